The number of fused-ring (bicyclic) bond motifs is 1. The average molecular weight is 324 g/mol. The number of ketones is 1. The predicted octanol–water partition coefficient (Wildman–Crippen LogP) is 4.41. The number of para-hydroxylation sites is 1. The van der Waals surface area contributed by atoms with Gasteiger partial charge < -0.3 is 14.2 Å². The van der Waals surface area contributed by atoms with E-state index >= 15 is 0 Å². The van der Waals surface area contributed by atoms with Gasteiger partial charge in [0, 0.05) is 11.1 Å². The van der Waals surface area contributed by atoms with Crippen molar-refractivity contribution < 1.29 is 19.0 Å². The number of ether oxygens (including phenoxy) is 3. The van der Waals surface area contributed by atoms with Crippen LogP contribution < -0.4 is 14.2 Å². The van der Waals surface area contributed by atoms with Gasteiger partial charge in [-0.05, 0) is 45.0 Å². The molecule has 1 heterocycles. The minimum absolute atomic E-state index is 0.123. The molecule has 0 spiro atoms. The molecule has 0 aromatic heterocycles. The van der Waals surface area contributed by atoms with Crippen LogP contribution >= 0.6 is 0 Å². The molecule has 1 aliphatic rings. The van der Waals surface area contributed by atoms with E-state index in [4.69, 9.17) is 14.2 Å². The third-order valence-electron chi connectivity index (χ3n) is 3.84. The van der Waals surface area contributed by atoms with Crippen molar-refractivity contribution in [3.63, 3.8) is 0 Å². The van der Waals surface area contributed by atoms with Gasteiger partial charge in [-0.1, -0.05) is 18.2 Å². The number of hydrogen-bond donors (Lipinski definition) is 0. The Labute approximate surface area is 141 Å². The molecular formula is C20H20O4. The average Bonchev–Trinajstić information content (AvgIpc) is 2.90. The lowest BCUT2D eigenvalue weighted by atomic mass is 10.1. The highest BCUT2D eigenvalue weighted by Crippen LogP contribution is 2.39. The maximum absolute atomic E-state index is 12.6. The number of allylic oxidation sites excluding steroid dienone is 1. The van der Waals surface area contributed by atoms with E-state index in [0.29, 0.717) is 30.3 Å². The van der Waals surface area contributed by atoms with Gasteiger partial charge in [0.2, 0.25) is 5.78 Å². The number of hydrogen-bond acceptors (Lipinski definition) is 4. The zero-order chi connectivity index (χ0) is 17.1. The van der Waals surface area contributed by atoms with Crippen LogP contribution in [-0.4, -0.2) is 19.0 Å². The maximum Gasteiger partial charge on any atom is 0.231 e. The lowest BCUT2D eigenvalue weighted by Gasteiger charge is -2.09. The summed E-state index contributed by atoms with van der Waals surface area (Å²) in [4.78, 5) is 12.6. The Morgan fingerprint density at radius 1 is 1.00 bits per heavy atom. The predicted molar refractivity (Wildman–Crippen MR) is 92.9 cm³/mol. The van der Waals surface area contributed by atoms with Crippen LogP contribution in [0.1, 0.15) is 35.3 Å². The minimum Gasteiger partial charge on any atom is -0.493 e. The topological polar surface area (TPSA) is 44.8 Å². The molecule has 2 aromatic rings. The first-order valence-electron chi connectivity index (χ1n) is 8.08. The SMILES string of the molecule is CCOc1ccccc1/C=C1\Oc2c(ccc(OCC)c2C)C1=O. The molecule has 0 atom stereocenters. The molecule has 0 aliphatic carbocycles. The van der Waals surface area contributed by atoms with E-state index < -0.39 is 0 Å². The summed E-state index contributed by atoms with van der Waals surface area (Å²) in [5, 5.41) is 0. The molecule has 0 fully saturated rings. The quantitative estimate of drug-likeness (QED) is 0.764. The van der Waals surface area contributed by atoms with Crippen molar-refractivity contribution in [1.82, 2.24) is 0 Å². The van der Waals surface area contributed by atoms with Crippen LogP contribution in [0.5, 0.6) is 17.2 Å². The molecule has 0 unspecified atom stereocenters. The van der Waals surface area contributed by atoms with E-state index in [9.17, 15) is 4.79 Å². The number of benzene rings is 2. The fourth-order valence-corrected chi connectivity index (χ4v) is 2.71. The van der Waals surface area contributed by atoms with Gasteiger partial charge in [0.05, 0.1) is 18.8 Å². The highest BCUT2D eigenvalue weighted by Gasteiger charge is 2.30. The summed E-state index contributed by atoms with van der Waals surface area (Å²) in [5.74, 6) is 2.22. The number of Topliss-reactive ketones (excluding diaryl/α,β-unsaturated/α-hetero) is 1. The van der Waals surface area contributed by atoms with Gasteiger partial charge in [-0.2, -0.15) is 0 Å². The van der Waals surface area contributed by atoms with Crippen LogP contribution in [0.15, 0.2) is 42.2 Å². The Morgan fingerprint density at radius 3 is 2.46 bits per heavy atom. The van der Waals surface area contributed by atoms with Crippen LogP contribution in [0.25, 0.3) is 6.08 Å². The zero-order valence-electron chi connectivity index (χ0n) is 14.1. The molecule has 0 N–H and O–H groups in total. The van der Waals surface area contributed by atoms with E-state index in [1.165, 1.54) is 0 Å². The van der Waals surface area contributed by atoms with Gasteiger partial charge >= 0.3 is 0 Å². The van der Waals surface area contributed by atoms with Gasteiger partial charge in [0.25, 0.3) is 0 Å². The largest absolute Gasteiger partial charge is 0.493 e. The molecule has 0 amide bonds. The molecule has 4 heteroatoms. The minimum atomic E-state index is -0.123. The number of carbonyl (C=O) groups is 1. The van der Waals surface area contributed by atoms with Crippen molar-refractivity contribution in [2.24, 2.45) is 0 Å². The smallest absolute Gasteiger partial charge is 0.231 e. The second-order valence-electron chi connectivity index (χ2n) is 5.41. The van der Waals surface area contributed by atoms with Crippen molar-refractivity contribution in [3.05, 3.63) is 58.8 Å². The lowest BCUT2D eigenvalue weighted by molar-refractivity contribution is 0.101. The van der Waals surface area contributed by atoms with E-state index in [0.717, 1.165) is 22.6 Å². The molecule has 24 heavy (non-hydrogen) atoms. The van der Waals surface area contributed by atoms with E-state index in [-0.39, 0.29) is 5.78 Å². The molecule has 2 aromatic carbocycles. The summed E-state index contributed by atoms with van der Waals surface area (Å²) in [6.45, 7) is 6.88. The molecular weight excluding hydrogens is 304 g/mol. The molecule has 4 nitrogen and oxygen atoms in total. The molecule has 124 valence electrons. The first kappa shape index (κ1) is 16.1. The molecule has 0 saturated carbocycles. The van der Waals surface area contributed by atoms with Gasteiger partial charge in [0.1, 0.15) is 17.2 Å². The summed E-state index contributed by atoms with van der Waals surface area (Å²) in [6, 6.07) is 11.1. The fraction of sp³-hybridized carbons (Fsp3) is 0.250. The normalized spacial score (nSPS) is 14.5. The highest BCUT2D eigenvalue weighted by atomic mass is 16.5. The Bertz CT molecular complexity index is 805. The van der Waals surface area contributed by atoms with Crippen LogP contribution in [-0.2, 0) is 0 Å². The van der Waals surface area contributed by atoms with Gasteiger partial charge in [-0.15, -0.1) is 0 Å². The first-order valence-corrected chi connectivity index (χ1v) is 8.08. The Kier molecular flexibility index (Phi) is 4.56. The van der Waals surface area contributed by atoms with Crippen LogP contribution in [0, 0.1) is 6.92 Å². The van der Waals surface area contributed by atoms with Crippen LogP contribution in [0.2, 0.25) is 0 Å². The Morgan fingerprint density at radius 2 is 1.71 bits per heavy atom. The third-order valence-corrected chi connectivity index (χ3v) is 3.84. The third kappa shape index (κ3) is 2.87. The van der Waals surface area contributed by atoms with Crippen LogP contribution in [0.4, 0.5) is 0 Å². The summed E-state index contributed by atoms with van der Waals surface area (Å²) < 4.78 is 17.0. The lowest BCUT2D eigenvalue weighted by Crippen LogP contribution is -1.99. The Balaban J connectivity index is 1.98. The van der Waals surface area contributed by atoms with Crippen molar-refractivity contribution in [2.45, 2.75) is 20.8 Å². The zero-order valence-corrected chi connectivity index (χ0v) is 14.1. The van der Waals surface area contributed by atoms with Crippen LogP contribution in [0.3, 0.4) is 0 Å². The van der Waals surface area contributed by atoms with Gasteiger partial charge in [-0.25, -0.2) is 0 Å². The van der Waals surface area contributed by atoms with Gasteiger partial charge in [0.15, 0.2) is 5.76 Å². The summed E-state index contributed by atoms with van der Waals surface area (Å²) in [7, 11) is 0. The molecule has 1 aliphatic heterocycles. The summed E-state index contributed by atoms with van der Waals surface area (Å²) >= 11 is 0. The van der Waals surface area contributed by atoms with Crippen molar-refractivity contribution in [3.8, 4) is 17.2 Å². The summed E-state index contributed by atoms with van der Waals surface area (Å²) in [6.07, 6.45) is 1.73. The second-order valence-corrected chi connectivity index (χ2v) is 5.41. The number of carbonyl (C=O) groups excluding carboxylic acids is 1. The standard InChI is InChI=1S/C20H20O4/c1-4-22-16-11-10-15-19(21)18(24-20(15)13(16)3)12-14-8-6-7-9-17(14)23-5-2/h6-12H,4-5H2,1-3H3/b18-12-. The van der Waals surface area contributed by atoms with Gasteiger partial charge in [-0.3, -0.25) is 4.79 Å². The van der Waals surface area contributed by atoms with E-state index in [2.05, 4.69) is 0 Å². The molecule has 0 bridgehead atoms. The maximum atomic E-state index is 12.6. The molecule has 0 radical (unpaired) electrons. The second kappa shape index (κ2) is 6.79. The summed E-state index contributed by atoms with van der Waals surface area (Å²) in [5.41, 5.74) is 2.22. The molecule has 0 saturated heterocycles. The monoisotopic (exact) mass is 324 g/mol. The van der Waals surface area contributed by atoms with E-state index in [1.54, 1.807) is 12.1 Å². The van der Waals surface area contributed by atoms with E-state index in [1.807, 2.05) is 51.1 Å². The Hall–Kier alpha value is -2.75. The number of rotatable bonds is 5. The van der Waals surface area contributed by atoms with Crippen molar-refractivity contribution >= 4 is 11.9 Å². The highest BCUT2D eigenvalue weighted by molar-refractivity contribution is 6.15. The first-order chi connectivity index (χ1) is 11.7. The fourth-order valence-electron chi connectivity index (χ4n) is 2.71. The van der Waals surface area contributed by atoms with Crippen molar-refractivity contribution in [2.75, 3.05) is 13.2 Å². The molecule has 3 rings (SSSR count). The van der Waals surface area contributed by atoms with Crippen molar-refractivity contribution in [1.29, 1.82) is 0 Å².